The number of carboxylic acids is 1. The zero-order valence-corrected chi connectivity index (χ0v) is 14.4. The van der Waals surface area contributed by atoms with Crippen molar-refractivity contribution in [2.24, 2.45) is 0 Å². The van der Waals surface area contributed by atoms with Gasteiger partial charge in [-0.05, 0) is 30.2 Å². The van der Waals surface area contributed by atoms with Crippen molar-refractivity contribution < 1.29 is 23.8 Å². The molecule has 1 atom stereocenters. The highest BCUT2D eigenvalue weighted by molar-refractivity contribution is 5.93. The van der Waals surface area contributed by atoms with Crippen LogP contribution in [0.15, 0.2) is 63.8 Å². The molecule has 138 valence electrons. The second kappa shape index (κ2) is 7.74. The van der Waals surface area contributed by atoms with E-state index in [4.69, 9.17) is 9.15 Å². The summed E-state index contributed by atoms with van der Waals surface area (Å²) in [6.07, 6.45) is 0. The molecule has 0 aliphatic rings. The molecule has 0 unspecified atom stereocenters. The molecule has 7 nitrogen and oxygen atoms in total. The highest BCUT2D eigenvalue weighted by Crippen LogP contribution is 2.29. The summed E-state index contributed by atoms with van der Waals surface area (Å²) in [5.41, 5.74) is 1.43. The molecule has 27 heavy (non-hydrogen) atoms. The monoisotopic (exact) mass is 366 g/mol. The Labute approximate surface area is 154 Å². The van der Waals surface area contributed by atoms with Gasteiger partial charge in [-0.3, -0.25) is 4.79 Å². The zero-order chi connectivity index (χ0) is 19.4. The Morgan fingerprint density at radius 2 is 1.89 bits per heavy atom. The Balaban J connectivity index is 1.83. The fourth-order valence-corrected chi connectivity index (χ4v) is 2.58. The van der Waals surface area contributed by atoms with Crippen LogP contribution >= 0.6 is 0 Å². The Morgan fingerprint density at radius 3 is 2.59 bits per heavy atom. The molecule has 0 saturated heterocycles. The Bertz CT molecular complexity index is 1040. The molecule has 1 amide bonds. The number of hydrogen-bond donors (Lipinski definition) is 1. The van der Waals surface area contributed by atoms with E-state index >= 15 is 0 Å². The highest BCUT2D eigenvalue weighted by Gasteiger charge is 2.11. The van der Waals surface area contributed by atoms with Crippen molar-refractivity contribution in [1.29, 1.82) is 0 Å². The van der Waals surface area contributed by atoms with E-state index in [0.717, 1.165) is 16.5 Å². The zero-order valence-electron chi connectivity index (χ0n) is 14.4. The quantitative estimate of drug-likeness (QED) is 0.654. The van der Waals surface area contributed by atoms with E-state index in [9.17, 15) is 19.5 Å². The Kier molecular flexibility index (Phi) is 5.21. The fourth-order valence-electron chi connectivity index (χ4n) is 2.58. The van der Waals surface area contributed by atoms with Crippen LogP contribution < -0.4 is 20.8 Å². The molecular formula is C20H16NO6-. The van der Waals surface area contributed by atoms with Crippen LogP contribution in [0.25, 0.3) is 22.1 Å². The largest absolute Gasteiger partial charge is 0.548 e. The van der Waals surface area contributed by atoms with Gasteiger partial charge in [0.15, 0.2) is 6.61 Å². The minimum atomic E-state index is -1.38. The molecule has 0 aliphatic carbocycles. The van der Waals surface area contributed by atoms with Crippen molar-refractivity contribution in [3.8, 4) is 16.9 Å². The van der Waals surface area contributed by atoms with Crippen molar-refractivity contribution in [3.05, 3.63) is 65.0 Å². The molecule has 2 aromatic carbocycles. The lowest BCUT2D eigenvalue weighted by Gasteiger charge is -2.15. The van der Waals surface area contributed by atoms with E-state index in [0.29, 0.717) is 11.3 Å². The van der Waals surface area contributed by atoms with Gasteiger partial charge in [0.1, 0.15) is 11.3 Å². The molecule has 3 rings (SSSR count). The van der Waals surface area contributed by atoms with Crippen molar-refractivity contribution >= 4 is 22.8 Å². The van der Waals surface area contributed by atoms with Gasteiger partial charge in [-0.2, -0.15) is 0 Å². The summed E-state index contributed by atoms with van der Waals surface area (Å²) in [6.45, 7) is 0.911. The first-order valence-corrected chi connectivity index (χ1v) is 8.20. The van der Waals surface area contributed by atoms with Crippen molar-refractivity contribution in [2.75, 3.05) is 6.61 Å². The van der Waals surface area contributed by atoms with E-state index in [1.54, 1.807) is 12.1 Å². The first kappa shape index (κ1) is 18.2. The van der Waals surface area contributed by atoms with Crippen molar-refractivity contribution in [3.63, 3.8) is 0 Å². The molecule has 7 heteroatoms. The number of amides is 1. The second-order valence-corrected chi connectivity index (χ2v) is 5.90. The topological polar surface area (TPSA) is 109 Å². The van der Waals surface area contributed by atoms with Crippen LogP contribution in [0.1, 0.15) is 6.92 Å². The van der Waals surface area contributed by atoms with Crippen molar-refractivity contribution in [2.45, 2.75) is 13.0 Å². The third kappa shape index (κ3) is 4.33. The minimum absolute atomic E-state index is 0.312. The maximum absolute atomic E-state index is 11.9. The number of nitrogens with one attached hydrogen (secondary N) is 1. The predicted molar refractivity (Wildman–Crippen MR) is 96.0 cm³/mol. The highest BCUT2D eigenvalue weighted by atomic mass is 16.5. The molecule has 1 N–H and O–H groups in total. The Hall–Kier alpha value is -3.61. The minimum Gasteiger partial charge on any atom is -0.548 e. The summed E-state index contributed by atoms with van der Waals surface area (Å²) in [4.78, 5) is 34.2. The van der Waals surface area contributed by atoms with E-state index in [-0.39, 0.29) is 6.61 Å². The summed E-state index contributed by atoms with van der Waals surface area (Å²) in [7, 11) is 0. The van der Waals surface area contributed by atoms with Gasteiger partial charge >= 0.3 is 5.63 Å². The van der Waals surface area contributed by atoms with Gasteiger partial charge < -0.3 is 24.4 Å². The van der Waals surface area contributed by atoms with E-state index < -0.39 is 23.5 Å². The molecule has 0 saturated carbocycles. The fraction of sp³-hybridized carbons (Fsp3) is 0.150. The van der Waals surface area contributed by atoms with Crippen LogP contribution in [-0.4, -0.2) is 24.5 Å². The van der Waals surface area contributed by atoms with Gasteiger partial charge in [-0.1, -0.05) is 30.3 Å². The van der Waals surface area contributed by atoms with E-state index in [1.165, 1.54) is 19.1 Å². The maximum Gasteiger partial charge on any atom is 0.336 e. The lowest BCUT2D eigenvalue weighted by atomic mass is 10.0. The summed E-state index contributed by atoms with van der Waals surface area (Å²) in [5.74, 6) is -1.68. The standard InChI is InChI=1S/C20H17NO6/c1-12(20(24)25)21-18(22)11-26-14-7-8-15-16(13-5-3-2-4-6-13)10-19(23)27-17(15)9-14/h2-10,12H,11H2,1H3,(H,21,22)(H,24,25)/p-1/t12-/m1/s1. The Morgan fingerprint density at radius 1 is 1.15 bits per heavy atom. The number of carboxylic acid groups (broad SMARTS) is 1. The summed E-state index contributed by atoms with van der Waals surface area (Å²) in [5, 5.41) is 13.6. The van der Waals surface area contributed by atoms with Crippen LogP contribution in [0.2, 0.25) is 0 Å². The van der Waals surface area contributed by atoms with Gasteiger partial charge in [-0.15, -0.1) is 0 Å². The summed E-state index contributed by atoms with van der Waals surface area (Å²) in [6, 6.07) is 14.6. The lowest BCUT2D eigenvalue weighted by molar-refractivity contribution is -0.307. The maximum atomic E-state index is 11.9. The van der Waals surface area contributed by atoms with Gasteiger partial charge in [0, 0.05) is 17.5 Å². The molecule has 0 radical (unpaired) electrons. The molecule has 0 spiro atoms. The normalized spacial score (nSPS) is 11.7. The predicted octanol–water partition coefficient (Wildman–Crippen LogP) is 1.09. The van der Waals surface area contributed by atoms with E-state index in [2.05, 4.69) is 5.32 Å². The molecule has 0 aliphatic heterocycles. The first-order chi connectivity index (χ1) is 12.9. The van der Waals surface area contributed by atoms with Gasteiger partial charge in [0.2, 0.25) is 0 Å². The number of benzene rings is 2. The molecular weight excluding hydrogens is 350 g/mol. The SMILES string of the molecule is C[C@@H](NC(=O)COc1ccc2c(-c3ccccc3)cc(=O)oc2c1)C(=O)[O-]. The van der Waals surface area contributed by atoms with Crippen LogP contribution in [0.4, 0.5) is 0 Å². The van der Waals surface area contributed by atoms with Gasteiger partial charge in [-0.25, -0.2) is 4.79 Å². The number of ether oxygens (including phenoxy) is 1. The van der Waals surface area contributed by atoms with Crippen molar-refractivity contribution in [1.82, 2.24) is 5.32 Å². The molecule has 3 aromatic rings. The van der Waals surface area contributed by atoms with Crippen LogP contribution in [0.3, 0.4) is 0 Å². The van der Waals surface area contributed by atoms with Crippen LogP contribution in [0.5, 0.6) is 5.75 Å². The smallest absolute Gasteiger partial charge is 0.336 e. The first-order valence-electron chi connectivity index (χ1n) is 8.20. The molecule has 1 heterocycles. The number of hydrogen-bond acceptors (Lipinski definition) is 6. The van der Waals surface area contributed by atoms with Crippen LogP contribution in [-0.2, 0) is 9.59 Å². The number of aliphatic carboxylic acids is 1. The average molecular weight is 366 g/mol. The second-order valence-electron chi connectivity index (χ2n) is 5.90. The number of fused-ring (bicyclic) bond motifs is 1. The number of carbonyl (C=O) groups excluding carboxylic acids is 2. The summed E-state index contributed by atoms with van der Waals surface area (Å²) >= 11 is 0. The lowest BCUT2D eigenvalue weighted by Crippen LogP contribution is -2.47. The number of rotatable bonds is 6. The van der Waals surface area contributed by atoms with Gasteiger partial charge in [0.25, 0.3) is 5.91 Å². The van der Waals surface area contributed by atoms with Gasteiger partial charge in [0.05, 0.1) is 12.0 Å². The van der Waals surface area contributed by atoms with E-state index in [1.807, 2.05) is 30.3 Å². The third-order valence-corrected chi connectivity index (χ3v) is 3.90. The summed E-state index contributed by atoms with van der Waals surface area (Å²) < 4.78 is 10.6. The molecule has 1 aromatic heterocycles. The average Bonchev–Trinajstić information content (AvgIpc) is 2.66. The van der Waals surface area contributed by atoms with Crippen LogP contribution in [0, 0.1) is 0 Å². The molecule has 0 bridgehead atoms. The molecule has 0 fully saturated rings. The number of carbonyl (C=O) groups is 2. The third-order valence-electron chi connectivity index (χ3n) is 3.90.